The van der Waals surface area contributed by atoms with Crippen LogP contribution in [0.3, 0.4) is 0 Å². The molecule has 0 heterocycles. The van der Waals surface area contributed by atoms with Crippen molar-refractivity contribution < 1.29 is 19.1 Å². The molecule has 45 heavy (non-hydrogen) atoms. The third-order valence-corrected chi connectivity index (χ3v) is 9.12. The smallest absolute Gasteiger partial charge is 0.262 e. The van der Waals surface area contributed by atoms with E-state index in [9.17, 15) is 9.59 Å². The lowest BCUT2D eigenvalue weighted by atomic mass is 9.99. The maximum absolute atomic E-state index is 12.5. The molecule has 0 fully saturated rings. The lowest BCUT2D eigenvalue weighted by Crippen LogP contribution is -2.20. The van der Waals surface area contributed by atoms with Gasteiger partial charge in [0.25, 0.3) is 11.8 Å². The highest BCUT2D eigenvalue weighted by molar-refractivity contribution is 9.10. The summed E-state index contributed by atoms with van der Waals surface area (Å²) in [6.45, 7) is 8.52. The summed E-state index contributed by atoms with van der Waals surface area (Å²) in [6, 6.07) is 27.5. The summed E-state index contributed by atoms with van der Waals surface area (Å²) < 4.78 is 13.2. The number of hydrogen-bond acceptors (Lipinski definition) is 4. The molecule has 0 aromatic heterocycles. The summed E-state index contributed by atoms with van der Waals surface area (Å²) in [5, 5.41) is 5.78. The largest absolute Gasteiger partial charge is 0.483 e. The first-order valence-electron chi connectivity index (χ1n) is 15.3. The summed E-state index contributed by atoms with van der Waals surface area (Å²) in [7, 11) is 0. The Morgan fingerprint density at radius 2 is 1.00 bits per heavy atom. The van der Waals surface area contributed by atoms with E-state index in [0.717, 1.165) is 39.3 Å². The van der Waals surface area contributed by atoms with Crippen LogP contribution in [0, 0.1) is 0 Å². The van der Waals surface area contributed by atoms with Crippen LogP contribution < -0.4 is 20.1 Å². The third-order valence-electron chi connectivity index (χ3n) is 7.88. The van der Waals surface area contributed by atoms with Crippen LogP contribution in [-0.2, 0) is 16.0 Å². The van der Waals surface area contributed by atoms with Crippen molar-refractivity contribution in [2.75, 3.05) is 23.8 Å². The Kier molecular flexibility index (Phi) is 12.7. The van der Waals surface area contributed by atoms with E-state index in [2.05, 4.69) is 70.2 Å². The molecular weight excluding hydrogens is 696 g/mol. The Hall–Kier alpha value is -3.62. The highest BCUT2D eigenvalue weighted by Crippen LogP contribution is 2.31. The topological polar surface area (TPSA) is 76.7 Å². The van der Waals surface area contributed by atoms with Crippen LogP contribution in [0.5, 0.6) is 11.5 Å². The van der Waals surface area contributed by atoms with Gasteiger partial charge in [-0.2, -0.15) is 0 Å². The summed E-state index contributed by atoms with van der Waals surface area (Å²) in [6.07, 6.45) is 2.84. The molecule has 4 rings (SSSR count). The fraction of sp³-hybridized carbons (Fsp3) is 0.297. The zero-order valence-corrected chi connectivity index (χ0v) is 29.3. The van der Waals surface area contributed by atoms with Crippen molar-refractivity contribution in [1.82, 2.24) is 0 Å². The minimum atomic E-state index is -0.226. The Balaban J connectivity index is 1.21. The number of carbonyl (C=O) groups is 2. The van der Waals surface area contributed by atoms with Gasteiger partial charge in [-0.15, -0.1) is 0 Å². The van der Waals surface area contributed by atoms with Gasteiger partial charge in [-0.25, -0.2) is 0 Å². The van der Waals surface area contributed by atoms with Crippen molar-refractivity contribution in [1.29, 1.82) is 0 Å². The number of halogens is 2. The Morgan fingerprint density at radius 1 is 0.622 bits per heavy atom. The lowest BCUT2D eigenvalue weighted by Gasteiger charge is -2.13. The van der Waals surface area contributed by atoms with Crippen molar-refractivity contribution in [2.24, 2.45) is 0 Å². The van der Waals surface area contributed by atoms with Crippen molar-refractivity contribution in [2.45, 2.75) is 58.8 Å². The maximum Gasteiger partial charge on any atom is 0.262 e. The van der Waals surface area contributed by atoms with E-state index in [0.29, 0.717) is 34.7 Å². The van der Waals surface area contributed by atoms with E-state index in [4.69, 9.17) is 9.47 Å². The standard InChI is InChI=1S/C37H40Br2N2O4/c1-5-24(3)28-11-17-34(32(38)20-28)44-22-36(42)40-30-13-7-26(8-14-30)19-27-9-15-31(16-10-27)41-37(43)23-45-35-18-12-29(21-33(35)39)25(4)6-2/h7-18,20-21,24-25H,5-6,19,22-23H2,1-4H3,(H,40,42)(H,41,43). The predicted octanol–water partition coefficient (Wildman–Crippen LogP) is 9.86. The second-order valence-electron chi connectivity index (χ2n) is 11.2. The van der Waals surface area contributed by atoms with Gasteiger partial charge in [0.1, 0.15) is 11.5 Å². The summed E-state index contributed by atoms with van der Waals surface area (Å²) in [5.74, 6) is 1.76. The highest BCUT2D eigenvalue weighted by atomic mass is 79.9. The average Bonchev–Trinajstić information content (AvgIpc) is 3.04. The minimum Gasteiger partial charge on any atom is -0.483 e. The van der Waals surface area contributed by atoms with Crippen molar-refractivity contribution >= 4 is 55.0 Å². The molecule has 0 aliphatic heterocycles. The number of anilines is 2. The summed E-state index contributed by atoms with van der Waals surface area (Å²) in [5.41, 5.74) is 6.08. The monoisotopic (exact) mass is 734 g/mol. The van der Waals surface area contributed by atoms with Crippen molar-refractivity contribution in [3.8, 4) is 11.5 Å². The van der Waals surface area contributed by atoms with Gasteiger partial charge in [-0.3, -0.25) is 9.59 Å². The highest BCUT2D eigenvalue weighted by Gasteiger charge is 2.12. The van der Waals surface area contributed by atoms with E-state index >= 15 is 0 Å². The number of benzene rings is 4. The molecule has 0 spiro atoms. The zero-order chi connectivity index (χ0) is 32.3. The van der Waals surface area contributed by atoms with Crippen molar-refractivity contribution in [3.63, 3.8) is 0 Å². The SMILES string of the molecule is CCC(C)c1ccc(OCC(=O)Nc2ccc(Cc3ccc(NC(=O)COc4ccc(C(C)CC)cc4Br)cc3)cc2)c(Br)c1. The Bertz CT molecular complexity index is 1470. The van der Waals surface area contributed by atoms with E-state index in [1.807, 2.05) is 84.9 Å². The number of carbonyl (C=O) groups excluding carboxylic acids is 2. The molecule has 0 aliphatic rings. The normalized spacial score (nSPS) is 12.2. The number of nitrogens with one attached hydrogen (secondary N) is 2. The minimum absolute atomic E-state index is 0.0823. The van der Waals surface area contributed by atoms with Crippen LogP contribution in [0.2, 0.25) is 0 Å². The first-order chi connectivity index (χ1) is 21.6. The Morgan fingerprint density at radius 3 is 1.33 bits per heavy atom. The van der Waals surface area contributed by atoms with E-state index < -0.39 is 0 Å². The molecule has 4 aromatic carbocycles. The van der Waals surface area contributed by atoms with Crippen molar-refractivity contribution in [3.05, 3.63) is 116 Å². The molecule has 6 nitrogen and oxygen atoms in total. The van der Waals surface area contributed by atoms with Gasteiger partial charge in [0, 0.05) is 11.4 Å². The first kappa shape index (κ1) is 34.3. The van der Waals surface area contributed by atoms with Crippen LogP contribution >= 0.6 is 31.9 Å². The molecule has 8 heteroatoms. The maximum atomic E-state index is 12.5. The molecule has 0 saturated heterocycles. The van der Waals surface area contributed by atoms with Gasteiger partial charge < -0.3 is 20.1 Å². The van der Waals surface area contributed by atoms with Crippen LogP contribution in [0.25, 0.3) is 0 Å². The number of hydrogen-bond donors (Lipinski definition) is 2. The molecule has 236 valence electrons. The molecule has 2 N–H and O–H groups in total. The number of amides is 2. The predicted molar refractivity (Wildman–Crippen MR) is 190 cm³/mol. The molecule has 2 atom stereocenters. The van der Waals surface area contributed by atoms with E-state index in [1.165, 1.54) is 11.1 Å². The van der Waals surface area contributed by atoms with Crippen LogP contribution in [0.4, 0.5) is 11.4 Å². The molecule has 0 radical (unpaired) electrons. The van der Waals surface area contributed by atoms with Gasteiger partial charge in [0.2, 0.25) is 0 Å². The fourth-order valence-corrected chi connectivity index (χ4v) is 5.70. The molecular formula is C37H40Br2N2O4. The first-order valence-corrected chi connectivity index (χ1v) is 16.9. The van der Waals surface area contributed by atoms with Gasteiger partial charge in [0.15, 0.2) is 13.2 Å². The second-order valence-corrected chi connectivity index (χ2v) is 13.0. The van der Waals surface area contributed by atoms with Crippen LogP contribution in [-0.4, -0.2) is 25.0 Å². The van der Waals surface area contributed by atoms with Gasteiger partial charge in [-0.05, 0) is 134 Å². The molecule has 0 aliphatic carbocycles. The second kappa shape index (κ2) is 16.6. The van der Waals surface area contributed by atoms with Gasteiger partial charge in [0.05, 0.1) is 8.95 Å². The molecule has 2 amide bonds. The molecule has 0 bridgehead atoms. The lowest BCUT2D eigenvalue weighted by molar-refractivity contribution is -0.118. The van der Waals surface area contributed by atoms with Crippen LogP contribution in [0.15, 0.2) is 93.9 Å². The number of ether oxygens (including phenoxy) is 2. The molecule has 0 saturated carbocycles. The Labute approximate surface area is 283 Å². The summed E-state index contributed by atoms with van der Waals surface area (Å²) in [4.78, 5) is 25.0. The number of rotatable bonds is 14. The van der Waals surface area contributed by atoms with E-state index in [-0.39, 0.29) is 25.0 Å². The average molecular weight is 737 g/mol. The molecule has 4 aromatic rings. The molecule has 2 unspecified atom stereocenters. The summed E-state index contributed by atoms with van der Waals surface area (Å²) >= 11 is 7.11. The van der Waals surface area contributed by atoms with Gasteiger partial charge in [-0.1, -0.05) is 64.1 Å². The van der Waals surface area contributed by atoms with Crippen LogP contribution in [0.1, 0.15) is 74.6 Å². The third kappa shape index (κ3) is 10.2. The van der Waals surface area contributed by atoms with Gasteiger partial charge >= 0.3 is 0 Å². The fourth-order valence-electron chi connectivity index (χ4n) is 4.68. The quantitative estimate of drug-likeness (QED) is 0.135. The zero-order valence-electron chi connectivity index (χ0n) is 26.2. The van der Waals surface area contributed by atoms with E-state index in [1.54, 1.807) is 0 Å².